The number of aromatic amines is 1. The van der Waals surface area contributed by atoms with Gasteiger partial charge in [-0.1, -0.05) is 47.7 Å². The Morgan fingerprint density at radius 1 is 1.12 bits per heavy atom. The molecule has 7 nitrogen and oxygen atoms in total. The first-order valence-corrected chi connectivity index (χ1v) is 11.8. The van der Waals surface area contributed by atoms with Crippen molar-refractivity contribution >= 4 is 27.5 Å². The highest BCUT2D eigenvalue weighted by Gasteiger charge is 2.12. The smallest absolute Gasteiger partial charge is 0.305 e. The minimum Gasteiger partial charge on any atom is -0.506 e. The maximum absolute atomic E-state index is 12.4. The number of hydrogen-bond acceptors (Lipinski definition) is 6. The number of fused-ring (bicyclic) bond motifs is 1. The van der Waals surface area contributed by atoms with Gasteiger partial charge in [0.2, 0.25) is 5.91 Å². The van der Waals surface area contributed by atoms with Gasteiger partial charge >= 0.3 is 4.87 Å². The normalized spacial score (nSPS) is 11.2. The van der Waals surface area contributed by atoms with Crippen molar-refractivity contribution in [2.24, 2.45) is 0 Å². The van der Waals surface area contributed by atoms with Crippen molar-refractivity contribution in [1.29, 1.82) is 0 Å². The second-order valence-corrected chi connectivity index (χ2v) is 8.52. The van der Waals surface area contributed by atoms with Crippen molar-refractivity contribution < 1.29 is 14.6 Å². The minimum absolute atomic E-state index is 0.0937. The monoisotopic (exact) mass is 457 g/mol. The van der Waals surface area contributed by atoms with Gasteiger partial charge in [-0.3, -0.25) is 9.59 Å². The lowest BCUT2D eigenvalue weighted by molar-refractivity contribution is -0.132. The molecule has 0 aliphatic heterocycles. The van der Waals surface area contributed by atoms with Crippen LogP contribution in [0, 0.1) is 0 Å². The Labute approximate surface area is 192 Å². The standard InChI is InChI=1S/C24H31N3O4S/c1-2-27(21(29)12-17-31-16-11-18-6-4-3-5-7-18)15-14-25-13-10-19-8-9-20(28)22-23(19)32-24(30)26-22/h3-9,25,28H,2,10-17H2,1H3,(H,26,30). The molecule has 0 bridgehead atoms. The molecule has 2 aromatic carbocycles. The molecule has 0 atom stereocenters. The van der Waals surface area contributed by atoms with Crippen LogP contribution in [0.3, 0.4) is 0 Å². The molecule has 0 saturated carbocycles. The van der Waals surface area contributed by atoms with Gasteiger partial charge in [-0.2, -0.15) is 0 Å². The van der Waals surface area contributed by atoms with Gasteiger partial charge in [0, 0.05) is 19.6 Å². The first-order valence-electron chi connectivity index (χ1n) is 11.0. The van der Waals surface area contributed by atoms with Gasteiger partial charge in [-0.25, -0.2) is 0 Å². The molecule has 3 rings (SSSR count). The van der Waals surface area contributed by atoms with Crippen LogP contribution in [0.2, 0.25) is 0 Å². The molecular weight excluding hydrogens is 426 g/mol. The summed E-state index contributed by atoms with van der Waals surface area (Å²) in [5.41, 5.74) is 2.76. The number of aromatic nitrogens is 1. The van der Waals surface area contributed by atoms with E-state index in [4.69, 9.17) is 4.74 Å². The summed E-state index contributed by atoms with van der Waals surface area (Å²) in [7, 11) is 0. The maximum atomic E-state index is 12.4. The molecule has 3 aromatic rings. The number of nitrogens with zero attached hydrogens (tertiary/aromatic N) is 1. The lowest BCUT2D eigenvalue weighted by atomic mass is 10.1. The SMILES string of the molecule is CCN(CCNCCc1ccc(O)c2[nH]c(=O)sc12)C(=O)CCOCCc1ccccc1. The molecule has 0 fully saturated rings. The van der Waals surface area contributed by atoms with Crippen LogP contribution in [0.25, 0.3) is 10.2 Å². The van der Waals surface area contributed by atoms with Crippen molar-refractivity contribution in [3.05, 3.63) is 63.3 Å². The van der Waals surface area contributed by atoms with Crippen LogP contribution in [0.1, 0.15) is 24.5 Å². The van der Waals surface area contributed by atoms with Crippen molar-refractivity contribution in [3.8, 4) is 5.75 Å². The van der Waals surface area contributed by atoms with Crippen LogP contribution in [0.4, 0.5) is 0 Å². The maximum Gasteiger partial charge on any atom is 0.305 e. The van der Waals surface area contributed by atoms with Crippen LogP contribution >= 0.6 is 11.3 Å². The Morgan fingerprint density at radius 3 is 2.72 bits per heavy atom. The average molecular weight is 458 g/mol. The topological polar surface area (TPSA) is 94.7 Å². The highest BCUT2D eigenvalue weighted by Crippen LogP contribution is 2.27. The Balaban J connectivity index is 1.32. The molecule has 0 radical (unpaired) electrons. The van der Waals surface area contributed by atoms with Crippen molar-refractivity contribution in [3.63, 3.8) is 0 Å². The predicted molar refractivity (Wildman–Crippen MR) is 129 cm³/mol. The van der Waals surface area contributed by atoms with Crippen LogP contribution in [0.5, 0.6) is 5.75 Å². The van der Waals surface area contributed by atoms with Crippen molar-refractivity contribution in [2.45, 2.75) is 26.2 Å². The molecule has 0 aliphatic rings. The lowest BCUT2D eigenvalue weighted by Crippen LogP contribution is -2.37. The Morgan fingerprint density at radius 2 is 1.94 bits per heavy atom. The van der Waals surface area contributed by atoms with E-state index in [1.54, 1.807) is 6.07 Å². The van der Waals surface area contributed by atoms with E-state index in [9.17, 15) is 14.7 Å². The first kappa shape index (κ1) is 24.0. The van der Waals surface area contributed by atoms with Gasteiger partial charge in [-0.15, -0.1) is 0 Å². The summed E-state index contributed by atoms with van der Waals surface area (Å²) in [6.07, 6.45) is 1.98. The van der Waals surface area contributed by atoms with Gasteiger partial charge in [-0.05, 0) is 43.5 Å². The summed E-state index contributed by atoms with van der Waals surface area (Å²) in [5.74, 6) is 0.197. The zero-order chi connectivity index (χ0) is 22.8. The molecule has 1 amide bonds. The summed E-state index contributed by atoms with van der Waals surface area (Å²) >= 11 is 1.12. The summed E-state index contributed by atoms with van der Waals surface area (Å²) in [4.78, 5) is 28.4. The molecule has 1 heterocycles. The average Bonchev–Trinajstić information content (AvgIpc) is 3.20. The van der Waals surface area contributed by atoms with E-state index in [0.29, 0.717) is 44.8 Å². The van der Waals surface area contributed by atoms with E-state index in [1.807, 2.05) is 36.1 Å². The number of thiazole rings is 1. The van der Waals surface area contributed by atoms with Gasteiger partial charge in [0.05, 0.1) is 24.3 Å². The van der Waals surface area contributed by atoms with E-state index in [1.165, 1.54) is 5.56 Å². The number of phenolic OH excluding ortho intramolecular Hbond substituents is 1. The summed E-state index contributed by atoms with van der Waals surface area (Å²) < 4.78 is 6.44. The number of H-pyrrole nitrogens is 1. The number of carbonyl (C=O) groups excluding carboxylic acids is 1. The number of hydrogen-bond donors (Lipinski definition) is 3. The summed E-state index contributed by atoms with van der Waals surface area (Å²) in [6, 6.07) is 13.6. The highest BCUT2D eigenvalue weighted by atomic mass is 32.1. The van der Waals surface area contributed by atoms with Crippen LogP contribution in [-0.2, 0) is 22.4 Å². The fourth-order valence-electron chi connectivity index (χ4n) is 3.55. The van der Waals surface area contributed by atoms with E-state index >= 15 is 0 Å². The summed E-state index contributed by atoms with van der Waals surface area (Å²) in [6.45, 7) is 5.76. The molecule has 0 unspecified atom stereocenters. The van der Waals surface area contributed by atoms with Gasteiger partial charge in [0.15, 0.2) is 0 Å². The fourth-order valence-corrected chi connectivity index (χ4v) is 4.44. The molecule has 172 valence electrons. The molecule has 3 N–H and O–H groups in total. The zero-order valence-corrected chi connectivity index (χ0v) is 19.2. The number of phenols is 1. The molecular formula is C24H31N3O4S. The highest BCUT2D eigenvalue weighted by molar-refractivity contribution is 7.16. The quantitative estimate of drug-likeness (QED) is 0.343. The van der Waals surface area contributed by atoms with Crippen LogP contribution in [0.15, 0.2) is 47.3 Å². The van der Waals surface area contributed by atoms with E-state index < -0.39 is 0 Å². The zero-order valence-electron chi connectivity index (χ0n) is 18.4. The number of carbonyl (C=O) groups is 1. The van der Waals surface area contributed by atoms with Crippen molar-refractivity contribution in [1.82, 2.24) is 15.2 Å². The number of nitrogens with one attached hydrogen (secondary N) is 2. The molecule has 1 aromatic heterocycles. The first-order chi connectivity index (χ1) is 15.6. The van der Waals surface area contributed by atoms with Crippen LogP contribution < -0.4 is 10.2 Å². The lowest BCUT2D eigenvalue weighted by Gasteiger charge is -2.21. The Hall–Kier alpha value is -2.68. The molecule has 0 saturated heterocycles. The summed E-state index contributed by atoms with van der Waals surface area (Å²) in [5, 5.41) is 13.2. The number of rotatable bonds is 13. The largest absolute Gasteiger partial charge is 0.506 e. The third kappa shape index (κ3) is 6.91. The number of benzene rings is 2. The second-order valence-electron chi connectivity index (χ2n) is 7.53. The van der Waals surface area contributed by atoms with Gasteiger partial charge < -0.3 is 25.0 Å². The Bertz CT molecular complexity index is 1050. The Kier molecular flexibility index (Phi) is 9.27. The molecule has 8 heteroatoms. The predicted octanol–water partition coefficient (Wildman–Crippen LogP) is 2.93. The van der Waals surface area contributed by atoms with Crippen LogP contribution in [-0.4, -0.2) is 60.3 Å². The third-order valence-corrected chi connectivity index (χ3v) is 6.30. The fraction of sp³-hybridized carbons (Fsp3) is 0.417. The molecule has 0 spiro atoms. The second kappa shape index (κ2) is 12.4. The van der Waals surface area contributed by atoms with Crippen molar-refractivity contribution in [2.75, 3.05) is 39.4 Å². The number of amides is 1. The van der Waals surface area contributed by atoms with Gasteiger partial charge in [0.1, 0.15) is 11.3 Å². The molecule has 0 aliphatic carbocycles. The number of likely N-dealkylation sites (N-methyl/N-ethyl adjacent to an activating group) is 1. The number of aromatic hydroxyl groups is 1. The van der Waals surface area contributed by atoms with E-state index in [-0.39, 0.29) is 16.5 Å². The van der Waals surface area contributed by atoms with E-state index in [0.717, 1.165) is 41.0 Å². The van der Waals surface area contributed by atoms with E-state index in [2.05, 4.69) is 22.4 Å². The van der Waals surface area contributed by atoms with Gasteiger partial charge in [0.25, 0.3) is 0 Å². The number of ether oxygens (including phenoxy) is 1. The molecule has 32 heavy (non-hydrogen) atoms. The third-order valence-electron chi connectivity index (χ3n) is 5.34. The minimum atomic E-state index is -0.170.